The minimum Gasteiger partial charge on any atom is -0.496 e. The molecule has 2 rings (SSSR count). The Morgan fingerprint density at radius 1 is 1.37 bits per heavy atom. The van der Waals surface area contributed by atoms with Crippen molar-refractivity contribution >= 4 is 5.91 Å². The summed E-state index contributed by atoms with van der Waals surface area (Å²) in [6.45, 7) is 5.79. The molecule has 0 spiro atoms. The fourth-order valence-corrected chi connectivity index (χ4v) is 2.34. The molecule has 0 bridgehead atoms. The molecule has 1 unspecified atom stereocenters. The average Bonchev–Trinajstić information content (AvgIpc) is 2.62. The summed E-state index contributed by atoms with van der Waals surface area (Å²) in [5, 5.41) is 6.34. The van der Waals surface area contributed by atoms with Gasteiger partial charge in [-0.25, -0.2) is 0 Å². The zero-order valence-electron chi connectivity index (χ0n) is 11.8. The molecular formula is C15H22N2O2. The standard InChI is InChI=1S/C15H22N2O2/c1-10(2)11-4-5-14(19-3)12(8-11)13-9-16-7-6-15(18)17-13/h4-5,8,10,13,16H,6-7,9H2,1-3H3,(H,17,18). The van der Waals surface area contributed by atoms with Crippen LogP contribution in [-0.4, -0.2) is 26.1 Å². The van der Waals surface area contributed by atoms with Crippen molar-refractivity contribution in [1.29, 1.82) is 0 Å². The Labute approximate surface area is 114 Å². The number of ether oxygens (including phenoxy) is 1. The van der Waals surface area contributed by atoms with Gasteiger partial charge in [-0.3, -0.25) is 4.79 Å². The predicted octanol–water partition coefficient (Wildman–Crippen LogP) is 1.97. The number of hydrogen-bond acceptors (Lipinski definition) is 3. The van der Waals surface area contributed by atoms with Gasteiger partial charge in [0, 0.05) is 25.1 Å². The number of hydrogen-bond donors (Lipinski definition) is 2. The Kier molecular flexibility index (Phi) is 4.43. The maximum Gasteiger partial charge on any atom is 0.221 e. The quantitative estimate of drug-likeness (QED) is 0.875. The molecule has 1 aliphatic rings. The summed E-state index contributed by atoms with van der Waals surface area (Å²) in [6.07, 6.45) is 0.530. The van der Waals surface area contributed by atoms with E-state index in [1.807, 2.05) is 6.07 Å². The fourth-order valence-electron chi connectivity index (χ4n) is 2.34. The molecule has 1 fully saturated rings. The van der Waals surface area contributed by atoms with Crippen molar-refractivity contribution < 1.29 is 9.53 Å². The van der Waals surface area contributed by atoms with Crippen molar-refractivity contribution in [3.8, 4) is 5.75 Å². The molecular weight excluding hydrogens is 240 g/mol. The number of carbonyl (C=O) groups excluding carboxylic acids is 1. The lowest BCUT2D eigenvalue weighted by Crippen LogP contribution is -2.30. The zero-order valence-corrected chi connectivity index (χ0v) is 11.8. The monoisotopic (exact) mass is 262 g/mol. The van der Waals surface area contributed by atoms with Crippen LogP contribution in [0, 0.1) is 0 Å². The lowest BCUT2D eigenvalue weighted by Gasteiger charge is -2.21. The van der Waals surface area contributed by atoms with Gasteiger partial charge in [0.05, 0.1) is 13.2 Å². The van der Waals surface area contributed by atoms with Gasteiger partial charge in [-0.2, -0.15) is 0 Å². The summed E-state index contributed by atoms with van der Waals surface area (Å²) >= 11 is 0. The van der Waals surface area contributed by atoms with Crippen molar-refractivity contribution in [2.45, 2.75) is 32.2 Å². The van der Waals surface area contributed by atoms with E-state index in [9.17, 15) is 4.79 Å². The van der Waals surface area contributed by atoms with E-state index < -0.39 is 0 Å². The fraction of sp³-hybridized carbons (Fsp3) is 0.533. The minimum atomic E-state index is -0.0244. The lowest BCUT2D eigenvalue weighted by molar-refractivity contribution is -0.121. The van der Waals surface area contributed by atoms with Crippen molar-refractivity contribution in [3.05, 3.63) is 29.3 Å². The highest BCUT2D eigenvalue weighted by Gasteiger charge is 2.21. The Bertz CT molecular complexity index is 457. The summed E-state index contributed by atoms with van der Waals surface area (Å²) in [4.78, 5) is 11.7. The highest BCUT2D eigenvalue weighted by molar-refractivity contribution is 5.77. The van der Waals surface area contributed by atoms with Crippen molar-refractivity contribution in [1.82, 2.24) is 10.6 Å². The van der Waals surface area contributed by atoms with Crippen molar-refractivity contribution in [2.24, 2.45) is 0 Å². The average molecular weight is 262 g/mol. The highest BCUT2D eigenvalue weighted by Crippen LogP contribution is 2.29. The summed E-state index contributed by atoms with van der Waals surface area (Å²) in [7, 11) is 1.67. The Morgan fingerprint density at radius 3 is 2.84 bits per heavy atom. The summed E-state index contributed by atoms with van der Waals surface area (Å²) in [5.74, 6) is 1.38. The van der Waals surface area contributed by atoms with Gasteiger partial charge in [-0.1, -0.05) is 19.9 Å². The normalized spacial score (nSPS) is 20.0. The van der Waals surface area contributed by atoms with E-state index in [2.05, 4.69) is 36.6 Å². The molecule has 1 atom stereocenters. The number of nitrogens with one attached hydrogen (secondary N) is 2. The van der Waals surface area contributed by atoms with Gasteiger partial charge < -0.3 is 15.4 Å². The topological polar surface area (TPSA) is 50.4 Å². The largest absolute Gasteiger partial charge is 0.496 e. The second-order valence-corrected chi connectivity index (χ2v) is 5.23. The maximum absolute atomic E-state index is 11.7. The van der Waals surface area contributed by atoms with Crippen LogP contribution in [-0.2, 0) is 4.79 Å². The lowest BCUT2D eigenvalue weighted by atomic mass is 9.96. The zero-order chi connectivity index (χ0) is 13.8. The summed E-state index contributed by atoms with van der Waals surface area (Å²) < 4.78 is 5.43. The van der Waals surface area contributed by atoms with E-state index >= 15 is 0 Å². The third-order valence-corrected chi connectivity index (χ3v) is 3.51. The van der Waals surface area contributed by atoms with Crippen LogP contribution in [0.25, 0.3) is 0 Å². The number of methoxy groups -OCH3 is 1. The van der Waals surface area contributed by atoms with E-state index in [0.717, 1.165) is 24.4 Å². The van der Waals surface area contributed by atoms with Crippen LogP contribution >= 0.6 is 0 Å². The van der Waals surface area contributed by atoms with Gasteiger partial charge in [-0.15, -0.1) is 0 Å². The second-order valence-electron chi connectivity index (χ2n) is 5.23. The third-order valence-electron chi connectivity index (χ3n) is 3.51. The van der Waals surface area contributed by atoms with Crippen LogP contribution in [0.5, 0.6) is 5.75 Å². The van der Waals surface area contributed by atoms with Crippen molar-refractivity contribution in [2.75, 3.05) is 20.2 Å². The number of rotatable bonds is 3. The molecule has 1 saturated heterocycles. The first-order valence-corrected chi connectivity index (χ1v) is 6.79. The maximum atomic E-state index is 11.7. The molecule has 1 aliphatic heterocycles. The van der Waals surface area contributed by atoms with E-state index in [-0.39, 0.29) is 11.9 Å². The molecule has 1 amide bonds. The molecule has 104 valence electrons. The molecule has 19 heavy (non-hydrogen) atoms. The number of benzene rings is 1. The van der Waals surface area contributed by atoms with Gasteiger partial charge in [0.1, 0.15) is 5.75 Å². The minimum absolute atomic E-state index is 0.0244. The Morgan fingerprint density at radius 2 is 2.16 bits per heavy atom. The molecule has 1 aromatic rings. The van der Waals surface area contributed by atoms with Crippen LogP contribution in [0.2, 0.25) is 0 Å². The van der Waals surface area contributed by atoms with Crippen LogP contribution in [0.3, 0.4) is 0 Å². The van der Waals surface area contributed by atoms with E-state index in [1.54, 1.807) is 7.11 Å². The van der Waals surface area contributed by atoms with Gasteiger partial charge in [0.2, 0.25) is 5.91 Å². The molecule has 4 nitrogen and oxygen atoms in total. The molecule has 2 N–H and O–H groups in total. The second kappa shape index (κ2) is 6.06. The van der Waals surface area contributed by atoms with Crippen LogP contribution in [0.15, 0.2) is 18.2 Å². The van der Waals surface area contributed by atoms with Gasteiger partial charge in [0.15, 0.2) is 0 Å². The molecule has 0 aromatic heterocycles. The van der Waals surface area contributed by atoms with Crippen molar-refractivity contribution in [3.63, 3.8) is 0 Å². The smallest absolute Gasteiger partial charge is 0.221 e. The predicted molar refractivity (Wildman–Crippen MR) is 75.5 cm³/mol. The van der Waals surface area contributed by atoms with E-state index in [1.165, 1.54) is 5.56 Å². The molecule has 4 heteroatoms. The van der Waals surface area contributed by atoms with E-state index in [4.69, 9.17) is 4.74 Å². The van der Waals surface area contributed by atoms with Crippen LogP contribution in [0.1, 0.15) is 43.4 Å². The van der Waals surface area contributed by atoms with Crippen LogP contribution in [0.4, 0.5) is 0 Å². The molecule has 0 radical (unpaired) electrons. The Hall–Kier alpha value is -1.55. The first-order valence-electron chi connectivity index (χ1n) is 6.79. The first-order chi connectivity index (χ1) is 9.11. The van der Waals surface area contributed by atoms with Gasteiger partial charge >= 0.3 is 0 Å². The van der Waals surface area contributed by atoms with Crippen LogP contribution < -0.4 is 15.4 Å². The SMILES string of the molecule is COc1ccc(C(C)C)cc1C1CNCCC(=O)N1. The summed E-state index contributed by atoms with van der Waals surface area (Å²) in [6, 6.07) is 6.19. The molecule has 0 saturated carbocycles. The third kappa shape index (κ3) is 3.26. The molecule has 0 aliphatic carbocycles. The highest BCUT2D eigenvalue weighted by atomic mass is 16.5. The molecule has 1 aromatic carbocycles. The number of amides is 1. The van der Waals surface area contributed by atoms with E-state index in [0.29, 0.717) is 12.3 Å². The van der Waals surface area contributed by atoms with Gasteiger partial charge in [0.25, 0.3) is 0 Å². The first kappa shape index (κ1) is 13.9. The molecule has 1 heterocycles. The van der Waals surface area contributed by atoms with Gasteiger partial charge in [-0.05, 0) is 23.6 Å². The number of carbonyl (C=O) groups is 1. The summed E-state index contributed by atoms with van der Waals surface area (Å²) in [5.41, 5.74) is 2.31. The Balaban J connectivity index is 2.34.